The molecule has 0 radical (unpaired) electrons. The highest BCUT2D eigenvalue weighted by molar-refractivity contribution is 8.01. The van der Waals surface area contributed by atoms with Crippen LogP contribution in [0, 0.1) is 0 Å². The number of carbonyl (C=O) groups excluding carboxylic acids is 2. The minimum atomic E-state index is -3.69. The van der Waals surface area contributed by atoms with E-state index in [4.69, 9.17) is 4.52 Å². The summed E-state index contributed by atoms with van der Waals surface area (Å²) >= 11 is 1.42. The van der Waals surface area contributed by atoms with Crippen molar-refractivity contribution < 1.29 is 22.5 Å². The van der Waals surface area contributed by atoms with Crippen molar-refractivity contribution in [3.05, 3.63) is 54.7 Å². The van der Waals surface area contributed by atoms with Gasteiger partial charge in [0.15, 0.2) is 15.6 Å². The Balaban J connectivity index is 1.37. The standard InChI is InChI=1S/C22H21N3O5S2/c1-2-19-22(27)25-17-13-16(7-8-20(17)31-19)32(28,29)12-10-21(26)24-15-5-3-14(4-6-15)18-9-11-23-30-18/h3-9,11,13,19H,2,10,12H2,1H3,(H,24,26)(H,25,27)/t19-/m0/s1. The predicted molar refractivity (Wildman–Crippen MR) is 122 cm³/mol. The van der Waals surface area contributed by atoms with Crippen LogP contribution in [0.5, 0.6) is 0 Å². The molecule has 8 nitrogen and oxygen atoms in total. The van der Waals surface area contributed by atoms with Crippen LogP contribution in [0.3, 0.4) is 0 Å². The lowest BCUT2D eigenvalue weighted by Crippen LogP contribution is -2.28. The Morgan fingerprint density at radius 3 is 2.66 bits per heavy atom. The molecular weight excluding hydrogens is 450 g/mol. The first-order valence-corrected chi connectivity index (χ1v) is 12.5. The zero-order chi connectivity index (χ0) is 22.7. The average molecular weight is 472 g/mol. The molecule has 10 heteroatoms. The molecule has 2 heterocycles. The highest BCUT2D eigenvalue weighted by Crippen LogP contribution is 2.38. The lowest BCUT2D eigenvalue weighted by atomic mass is 10.1. The summed E-state index contributed by atoms with van der Waals surface area (Å²) in [5.41, 5.74) is 1.85. The molecule has 0 spiro atoms. The monoisotopic (exact) mass is 471 g/mol. The molecule has 1 aliphatic rings. The molecule has 0 fully saturated rings. The topological polar surface area (TPSA) is 118 Å². The minimum absolute atomic E-state index is 0.0799. The third kappa shape index (κ3) is 4.86. The molecule has 1 aliphatic heterocycles. The van der Waals surface area contributed by atoms with Crippen LogP contribution in [0.25, 0.3) is 11.3 Å². The first kappa shape index (κ1) is 22.1. The summed E-state index contributed by atoms with van der Waals surface area (Å²) in [6.45, 7) is 1.93. The van der Waals surface area contributed by atoms with Crippen molar-refractivity contribution >= 4 is 44.8 Å². The molecule has 2 N–H and O–H groups in total. The molecule has 0 saturated heterocycles. The van der Waals surface area contributed by atoms with Crippen molar-refractivity contribution in [2.45, 2.75) is 34.8 Å². The minimum Gasteiger partial charge on any atom is -0.356 e. The van der Waals surface area contributed by atoms with E-state index in [1.165, 1.54) is 23.9 Å². The summed E-state index contributed by atoms with van der Waals surface area (Å²) in [7, 11) is -3.69. The van der Waals surface area contributed by atoms with E-state index in [1.54, 1.807) is 42.6 Å². The second kappa shape index (κ2) is 9.17. The summed E-state index contributed by atoms with van der Waals surface area (Å²) in [5, 5.41) is 8.94. The molecule has 32 heavy (non-hydrogen) atoms. The number of nitrogens with one attached hydrogen (secondary N) is 2. The number of anilines is 2. The highest BCUT2D eigenvalue weighted by atomic mass is 32.2. The van der Waals surface area contributed by atoms with E-state index in [1.807, 2.05) is 6.92 Å². The van der Waals surface area contributed by atoms with E-state index in [0.29, 0.717) is 23.6 Å². The van der Waals surface area contributed by atoms with Gasteiger partial charge in [0, 0.05) is 28.6 Å². The third-order valence-corrected chi connectivity index (χ3v) is 8.14. The van der Waals surface area contributed by atoms with Crippen molar-refractivity contribution in [2.24, 2.45) is 0 Å². The van der Waals surface area contributed by atoms with Gasteiger partial charge in [-0.25, -0.2) is 8.42 Å². The van der Waals surface area contributed by atoms with Crippen LogP contribution in [0.2, 0.25) is 0 Å². The first-order chi connectivity index (χ1) is 15.4. The second-order valence-corrected chi connectivity index (χ2v) is 10.6. The van der Waals surface area contributed by atoms with Gasteiger partial charge >= 0.3 is 0 Å². The smallest absolute Gasteiger partial charge is 0.237 e. The van der Waals surface area contributed by atoms with Crippen LogP contribution in [-0.2, 0) is 19.4 Å². The van der Waals surface area contributed by atoms with Crippen molar-refractivity contribution in [3.63, 3.8) is 0 Å². The van der Waals surface area contributed by atoms with Crippen LogP contribution in [-0.4, -0.2) is 36.4 Å². The fraction of sp³-hybridized carbons (Fsp3) is 0.227. The second-order valence-electron chi connectivity index (χ2n) is 7.23. The Kier molecular flexibility index (Phi) is 6.33. The van der Waals surface area contributed by atoms with Crippen molar-refractivity contribution in [1.29, 1.82) is 0 Å². The Hall–Kier alpha value is -3.11. The van der Waals surface area contributed by atoms with Gasteiger partial charge in [0.1, 0.15) is 0 Å². The maximum atomic E-state index is 12.7. The number of hydrogen-bond donors (Lipinski definition) is 2. The fourth-order valence-corrected chi connectivity index (χ4v) is 5.53. The quantitative estimate of drug-likeness (QED) is 0.535. The van der Waals surface area contributed by atoms with Gasteiger partial charge in [-0.05, 0) is 48.9 Å². The molecule has 166 valence electrons. The van der Waals surface area contributed by atoms with Gasteiger partial charge in [0.25, 0.3) is 0 Å². The molecule has 2 aromatic carbocycles. The molecule has 0 aliphatic carbocycles. The van der Waals surface area contributed by atoms with Crippen LogP contribution >= 0.6 is 11.8 Å². The van der Waals surface area contributed by atoms with Gasteiger partial charge in [0.05, 0.1) is 27.8 Å². The summed E-state index contributed by atoms with van der Waals surface area (Å²) in [4.78, 5) is 25.3. The lowest BCUT2D eigenvalue weighted by Gasteiger charge is -2.23. The lowest BCUT2D eigenvalue weighted by molar-refractivity contribution is -0.116. The van der Waals surface area contributed by atoms with Crippen molar-refractivity contribution in [2.75, 3.05) is 16.4 Å². The number of nitrogens with zero attached hydrogens (tertiary/aromatic N) is 1. The van der Waals surface area contributed by atoms with E-state index in [2.05, 4.69) is 15.8 Å². The number of thioether (sulfide) groups is 1. The average Bonchev–Trinajstić information content (AvgIpc) is 3.32. The maximum Gasteiger partial charge on any atom is 0.237 e. The van der Waals surface area contributed by atoms with Crippen molar-refractivity contribution in [1.82, 2.24) is 5.16 Å². The normalized spacial score (nSPS) is 15.7. The van der Waals surface area contributed by atoms with Crippen LogP contribution < -0.4 is 10.6 Å². The third-order valence-electron chi connectivity index (χ3n) is 4.99. The van der Waals surface area contributed by atoms with Gasteiger partial charge in [-0.15, -0.1) is 11.8 Å². The SMILES string of the molecule is CC[C@@H]1Sc2ccc(S(=O)(=O)CCC(=O)Nc3ccc(-c4ccno4)cc3)cc2NC1=O. The summed E-state index contributed by atoms with van der Waals surface area (Å²) in [6, 6.07) is 13.4. The molecular formula is C22H21N3O5S2. The first-order valence-electron chi connectivity index (χ1n) is 10.0. The number of carbonyl (C=O) groups is 2. The van der Waals surface area contributed by atoms with Gasteiger partial charge in [-0.3, -0.25) is 9.59 Å². The highest BCUT2D eigenvalue weighted by Gasteiger charge is 2.27. The molecule has 2 amide bonds. The number of aromatic nitrogens is 1. The predicted octanol–water partition coefficient (Wildman–Crippen LogP) is 3.97. The van der Waals surface area contributed by atoms with E-state index < -0.39 is 15.7 Å². The van der Waals surface area contributed by atoms with Crippen LogP contribution in [0.15, 0.2) is 69.0 Å². The van der Waals surface area contributed by atoms with E-state index in [0.717, 1.165) is 10.5 Å². The largest absolute Gasteiger partial charge is 0.356 e. The summed E-state index contributed by atoms with van der Waals surface area (Å²) < 4.78 is 30.6. The number of amides is 2. The van der Waals surface area contributed by atoms with Gasteiger partial charge in [0.2, 0.25) is 11.8 Å². The Bertz CT molecular complexity index is 1240. The zero-order valence-corrected chi connectivity index (χ0v) is 18.8. The number of rotatable bonds is 7. The Morgan fingerprint density at radius 1 is 1.19 bits per heavy atom. The summed E-state index contributed by atoms with van der Waals surface area (Å²) in [6.07, 6.45) is 2.04. The molecule has 0 bridgehead atoms. The molecule has 1 aromatic heterocycles. The summed E-state index contributed by atoms with van der Waals surface area (Å²) in [5.74, 6) is -0.271. The van der Waals surface area contributed by atoms with Crippen LogP contribution in [0.4, 0.5) is 11.4 Å². The van der Waals surface area contributed by atoms with E-state index in [9.17, 15) is 18.0 Å². The Labute approximate surface area is 189 Å². The van der Waals surface area contributed by atoms with Gasteiger partial charge in [-0.2, -0.15) is 0 Å². The van der Waals surface area contributed by atoms with Gasteiger partial charge in [-0.1, -0.05) is 12.1 Å². The number of fused-ring (bicyclic) bond motifs is 1. The van der Waals surface area contributed by atoms with Crippen LogP contribution in [0.1, 0.15) is 19.8 Å². The van der Waals surface area contributed by atoms with Crippen molar-refractivity contribution in [3.8, 4) is 11.3 Å². The molecule has 0 unspecified atom stereocenters. The maximum absolute atomic E-state index is 12.7. The zero-order valence-electron chi connectivity index (χ0n) is 17.2. The Morgan fingerprint density at radius 2 is 1.97 bits per heavy atom. The molecule has 1 atom stereocenters. The number of hydrogen-bond acceptors (Lipinski definition) is 7. The van der Waals surface area contributed by atoms with E-state index >= 15 is 0 Å². The van der Waals surface area contributed by atoms with E-state index in [-0.39, 0.29) is 28.2 Å². The fourth-order valence-electron chi connectivity index (χ4n) is 3.24. The number of benzene rings is 2. The number of sulfone groups is 1. The van der Waals surface area contributed by atoms with Gasteiger partial charge < -0.3 is 15.2 Å². The molecule has 4 rings (SSSR count). The molecule has 0 saturated carbocycles. The molecule has 3 aromatic rings.